The number of ether oxygens (including phenoxy) is 1. The van der Waals surface area contributed by atoms with Gasteiger partial charge in [0.05, 0.1) is 21.3 Å². The van der Waals surface area contributed by atoms with Crippen molar-refractivity contribution in [1.29, 1.82) is 0 Å². The van der Waals surface area contributed by atoms with E-state index in [1.165, 1.54) is 17.8 Å². The van der Waals surface area contributed by atoms with Crippen LogP contribution < -0.4 is 11.1 Å². The number of aromatic nitrogens is 1. The van der Waals surface area contributed by atoms with Gasteiger partial charge in [-0.15, -0.1) is 11.3 Å². The molecule has 2 heterocycles. The maximum absolute atomic E-state index is 12.4. The molecule has 1 aliphatic carbocycles. The molecule has 23 heavy (non-hydrogen) atoms. The highest BCUT2D eigenvalue weighted by Gasteiger charge is 2.28. The molecule has 5 nitrogen and oxygen atoms in total. The summed E-state index contributed by atoms with van der Waals surface area (Å²) in [5.74, 6) is 0.757. The fraction of sp³-hybridized carbons (Fsp3) is 0.529. The minimum Gasteiger partial charge on any atom is -0.381 e. The summed E-state index contributed by atoms with van der Waals surface area (Å²) in [6, 6.07) is 5.42. The average molecular weight is 331 g/mol. The number of anilines is 1. The van der Waals surface area contributed by atoms with Gasteiger partial charge in [0, 0.05) is 24.8 Å². The lowest BCUT2D eigenvalue weighted by Gasteiger charge is -2.26. The van der Waals surface area contributed by atoms with Gasteiger partial charge in [0.15, 0.2) is 0 Å². The van der Waals surface area contributed by atoms with Crippen molar-refractivity contribution in [2.45, 2.75) is 37.6 Å². The first kappa shape index (κ1) is 15.1. The standard InChI is InChI=1S/C17H21N3O2S/c18-15(10-5-7-22-8-6-10)16(21)19-12-3-4-13-14(9-12)23-17(20-13)11-1-2-11/h3-4,9-11,15H,1-2,5-8,18H2,(H,19,21). The number of nitrogens with two attached hydrogens (primary N) is 1. The first-order valence-corrected chi connectivity index (χ1v) is 9.07. The maximum Gasteiger partial charge on any atom is 0.241 e. The molecule has 0 radical (unpaired) electrons. The number of fused-ring (bicyclic) bond motifs is 1. The number of nitrogens with one attached hydrogen (secondary N) is 1. The number of amides is 1. The average Bonchev–Trinajstić information content (AvgIpc) is 3.34. The first-order valence-electron chi connectivity index (χ1n) is 8.25. The molecule has 122 valence electrons. The topological polar surface area (TPSA) is 77.2 Å². The van der Waals surface area contributed by atoms with Gasteiger partial charge in [-0.05, 0) is 49.8 Å². The van der Waals surface area contributed by atoms with Gasteiger partial charge in [-0.25, -0.2) is 4.98 Å². The first-order chi connectivity index (χ1) is 11.2. The van der Waals surface area contributed by atoms with Crippen molar-refractivity contribution in [3.63, 3.8) is 0 Å². The van der Waals surface area contributed by atoms with Crippen LogP contribution in [0.1, 0.15) is 36.6 Å². The van der Waals surface area contributed by atoms with Crippen molar-refractivity contribution >= 4 is 33.1 Å². The second-order valence-corrected chi connectivity index (χ2v) is 7.54. The molecule has 2 aromatic rings. The largest absolute Gasteiger partial charge is 0.381 e. The summed E-state index contributed by atoms with van der Waals surface area (Å²) in [4.78, 5) is 17.1. The molecule has 6 heteroatoms. The van der Waals surface area contributed by atoms with E-state index in [2.05, 4.69) is 10.3 Å². The Morgan fingerprint density at radius 3 is 2.83 bits per heavy atom. The van der Waals surface area contributed by atoms with Crippen LogP contribution in [0.2, 0.25) is 0 Å². The summed E-state index contributed by atoms with van der Waals surface area (Å²) in [5, 5.41) is 4.18. The van der Waals surface area contributed by atoms with Gasteiger partial charge in [-0.1, -0.05) is 0 Å². The van der Waals surface area contributed by atoms with Gasteiger partial charge in [-0.3, -0.25) is 4.79 Å². The Bertz CT molecular complexity index is 720. The quantitative estimate of drug-likeness (QED) is 0.903. The van der Waals surface area contributed by atoms with Crippen molar-refractivity contribution in [2.75, 3.05) is 18.5 Å². The molecule has 3 N–H and O–H groups in total. The van der Waals surface area contributed by atoms with Gasteiger partial charge in [0.2, 0.25) is 5.91 Å². The van der Waals surface area contributed by atoms with E-state index in [1.807, 2.05) is 18.2 Å². The van der Waals surface area contributed by atoms with Crippen molar-refractivity contribution < 1.29 is 9.53 Å². The highest BCUT2D eigenvalue weighted by molar-refractivity contribution is 7.18. The summed E-state index contributed by atoms with van der Waals surface area (Å²) in [6.45, 7) is 1.39. The molecular formula is C17H21N3O2S. The Labute approximate surface area is 139 Å². The van der Waals surface area contributed by atoms with E-state index in [0.29, 0.717) is 19.1 Å². The van der Waals surface area contributed by atoms with Crippen molar-refractivity contribution in [2.24, 2.45) is 11.7 Å². The fourth-order valence-corrected chi connectivity index (χ4v) is 4.22. The minimum atomic E-state index is -0.474. The van der Waals surface area contributed by atoms with Gasteiger partial charge < -0.3 is 15.8 Å². The number of hydrogen-bond donors (Lipinski definition) is 2. The van der Waals surface area contributed by atoms with Crippen LogP contribution in [0.4, 0.5) is 5.69 Å². The zero-order valence-electron chi connectivity index (χ0n) is 13.0. The van der Waals surface area contributed by atoms with E-state index >= 15 is 0 Å². The predicted octanol–water partition coefficient (Wildman–Crippen LogP) is 2.87. The van der Waals surface area contributed by atoms with E-state index in [1.54, 1.807) is 11.3 Å². The van der Waals surface area contributed by atoms with Crippen LogP contribution in [0, 0.1) is 5.92 Å². The molecule has 1 atom stereocenters. The van der Waals surface area contributed by atoms with E-state index in [0.717, 1.165) is 28.7 Å². The third-order valence-electron chi connectivity index (χ3n) is 4.68. The number of benzene rings is 1. The van der Waals surface area contributed by atoms with Gasteiger partial charge in [-0.2, -0.15) is 0 Å². The SMILES string of the molecule is NC(C(=O)Nc1ccc2nc(C3CC3)sc2c1)C1CCOCC1. The molecule has 1 aromatic heterocycles. The Kier molecular flexibility index (Phi) is 4.05. The van der Waals surface area contributed by atoms with E-state index in [-0.39, 0.29) is 11.8 Å². The van der Waals surface area contributed by atoms with E-state index in [4.69, 9.17) is 10.5 Å². The van der Waals surface area contributed by atoms with Crippen molar-refractivity contribution in [1.82, 2.24) is 4.98 Å². The lowest BCUT2D eigenvalue weighted by molar-refractivity contribution is -0.119. The molecule has 2 fully saturated rings. The summed E-state index contributed by atoms with van der Waals surface area (Å²) in [7, 11) is 0. The maximum atomic E-state index is 12.4. The number of rotatable bonds is 4. The molecule has 1 saturated heterocycles. The Hall–Kier alpha value is -1.50. The Morgan fingerprint density at radius 2 is 2.09 bits per heavy atom. The number of thiazole rings is 1. The molecular weight excluding hydrogens is 310 g/mol. The zero-order valence-corrected chi connectivity index (χ0v) is 13.8. The van der Waals surface area contributed by atoms with Crippen LogP contribution in [0.25, 0.3) is 10.2 Å². The molecule has 0 spiro atoms. The van der Waals surface area contributed by atoms with Crippen LogP contribution in [-0.2, 0) is 9.53 Å². The normalized spacial score (nSPS) is 20.6. The third-order valence-corrected chi connectivity index (χ3v) is 5.86. The molecule has 1 amide bonds. The lowest BCUT2D eigenvalue weighted by atomic mass is 9.92. The number of carbonyl (C=O) groups is 1. The number of carbonyl (C=O) groups excluding carboxylic acids is 1. The number of hydrogen-bond acceptors (Lipinski definition) is 5. The smallest absolute Gasteiger partial charge is 0.241 e. The number of nitrogens with zero attached hydrogens (tertiary/aromatic N) is 1. The fourth-order valence-electron chi connectivity index (χ4n) is 3.04. The molecule has 0 bridgehead atoms. The van der Waals surface area contributed by atoms with Crippen LogP contribution in [0.5, 0.6) is 0 Å². The Morgan fingerprint density at radius 1 is 1.30 bits per heavy atom. The molecule has 1 aromatic carbocycles. The highest BCUT2D eigenvalue weighted by atomic mass is 32.1. The molecule has 1 saturated carbocycles. The van der Waals surface area contributed by atoms with Gasteiger partial charge in [0.1, 0.15) is 0 Å². The van der Waals surface area contributed by atoms with Gasteiger partial charge in [0.25, 0.3) is 0 Å². The second kappa shape index (κ2) is 6.19. The van der Waals surface area contributed by atoms with Crippen molar-refractivity contribution in [3.8, 4) is 0 Å². The monoisotopic (exact) mass is 331 g/mol. The molecule has 2 aliphatic rings. The predicted molar refractivity (Wildman–Crippen MR) is 91.7 cm³/mol. The van der Waals surface area contributed by atoms with Gasteiger partial charge >= 0.3 is 0 Å². The molecule has 1 aliphatic heterocycles. The minimum absolute atomic E-state index is 0.108. The summed E-state index contributed by atoms with van der Waals surface area (Å²) >= 11 is 1.74. The Balaban J connectivity index is 1.46. The summed E-state index contributed by atoms with van der Waals surface area (Å²) in [5.41, 5.74) is 7.95. The van der Waals surface area contributed by atoms with Crippen LogP contribution >= 0.6 is 11.3 Å². The van der Waals surface area contributed by atoms with Crippen LogP contribution in [0.3, 0.4) is 0 Å². The van der Waals surface area contributed by atoms with E-state index < -0.39 is 6.04 Å². The summed E-state index contributed by atoms with van der Waals surface area (Å²) in [6.07, 6.45) is 4.22. The van der Waals surface area contributed by atoms with Crippen molar-refractivity contribution in [3.05, 3.63) is 23.2 Å². The lowest BCUT2D eigenvalue weighted by Crippen LogP contribution is -2.43. The third kappa shape index (κ3) is 3.24. The molecule has 4 rings (SSSR count). The highest BCUT2D eigenvalue weighted by Crippen LogP contribution is 2.43. The molecule has 1 unspecified atom stereocenters. The zero-order chi connectivity index (χ0) is 15.8. The van der Waals surface area contributed by atoms with E-state index in [9.17, 15) is 4.79 Å². The van der Waals surface area contributed by atoms with Crippen LogP contribution in [-0.4, -0.2) is 30.1 Å². The van der Waals surface area contributed by atoms with Crippen LogP contribution in [0.15, 0.2) is 18.2 Å². The second-order valence-electron chi connectivity index (χ2n) is 6.47. The summed E-state index contributed by atoms with van der Waals surface area (Å²) < 4.78 is 6.46.